The Morgan fingerprint density at radius 3 is 2.31 bits per heavy atom. The van der Waals surface area contributed by atoms with Gasteiger partial charge in [-0.2, -0.15) is 0 Å². The van der Waals surface area contributed by atoms with Gasteiger partial charge in [-0.3, -0.25) is 9.78 Å². The number of hydroxylamine groups is 1. The van der Waals surface area contributed by atoms with Crippen LogP contribution < -0.4 is 19.7 Å². The lowest BCUT2D eigenvalue weighted by Gasteiger charge is -2.25. The molecule has 0 saturated carbocycles. The summed E-state index contributed by atoms with van der Waals surface area (Å²) in [5.41, 5.74) is 1.02. The fourth-order valence-corrected chi connectivity index (χ4v) is 2.75. The number of carbonyl (C=O) groups is 1. The average Bonchev–Trinajstić information content (AvgIpc) is 2.83. The Morgan fingerprint density at radius 1 is 1.06 bits per heavy atom. The molecule has 0 fully saturated rings. The van der Waals surface area contributed by atoms with Gasteiger partial charge in [0.1, 0.15) is 22.9 Å². The van der Waals surface area contributed by atoms with Crippen LogP contribution in [0.5, 0.6) is 17.2 Å². The number of hydrogen-bond donors (Lipinski definition) is 2. The van der Waals surface area contributed by atoms with Gasteiger partial charge in [-0.15, -0.1) is 0 Å². The largest absolute Gasteiger partial charge is 0.497 e. The lowest BCUT2D eigenvalue weighted by Crippen LogP contribution is -2.39. The SMILES string of the molecule is [B]C(O)(ONC(=O)c1cncc(-c2ccc(OCC)cc2)n1)c1cc(OC)cc(OC)c1. The number of methoxy groups -OCH3 is 2. The minimum atomic E-state index is -2.36. The zero-order valence-electron chi connectivity index (χ0n) is 17.9. The molecule has 1 atom stereocenters. The van der Waals surface area contributed by atoms with E-state index in [0.717, 1.165) is 11.3 Å². The van der Waals surface area contributed by atoms with Gasteiger partial charge in [-0.05, 0) is 43.3 Å². The summed E-state index contributed by atoms with van der Waals surface area (Å²) in [7, 11) is 8.73. The predicted molar refractivity (Wildman–Crippen MR) is 116 cm³/mol. The first-order valence-corrected chi connectivity index (χ1v) is 9.64. The molecule has 0 saturated heterocycles. The van der Waals surface area contributed by atoms with Gasteiger partial charge in [-0.1, -0.05) is 0 Å². The van der Waals surface area contributed by atoms with Crippen molar-refractivity contribution in [1.82, 2.24) is 15.4 Å². The highest BCUT2D eigenvalue weighted by molar-refractivity contribution is 6.13. The molecule has 0 bridgehead atoms. The number of nitrogens with zero attached hydrogens (tertiary/aromatic N) is 2. The smallest absolute Gasteiger partial charge is 0.295 e. The second kappa shape index (κ2) is 10.1. The third-order valence-corrected chi connectivity index (χ3v) is 4.39. The highest BCUT2D eigenvalue weighted by Crippen LogP contribution is 2.28. The summed E-state index contributed by atoms with van der Waals surface area (Å²) in [5.74, 6) is 0.742. The first-order chi connectivity index (χ1) is 15.4. The molecule has 10 heteroatoms. The van der Waals surface area contributed by atoms with Gasteiger partial charge in [0.05, 0.1) is 38.9 Å². The second-order valence-electron chi connectivity index (χ2n) is 6.58. The van der Waals surface area contributed by atoms with Gasteiger partial charge in [0, 0.05) is 17.2 Å². The number of aromatic nitrogens is 2. The number of hydrogen-bond acceptors (Lipinski definition) is 8. The predicted octanol–water partition coefficient (Wildman–Crippen LogP) is 2.19. The van der Waals surface area contributed by atoms with Crippen molar-refractivity contribution >= 4 is 13.8 Å². The molecule has 1 aromatic heterocycles. The summed E-state index contributed by atoms with van der Waals surface area (Å²) in [6.45, 7) is 2.46. The van der Waals surface area contributed by atoms with Gasteiger partial charge in [0.2, 0.25) is 0 Å². The fourth-order valence-electron chi connectivity index (χ4n) is 2.75. The number of aliphatic hydroxyl groups is 1. The summed E-state index contributed by atoms with van der Waals surface area (Å²) in [6, 6.07) is 11.7. The quantitative estimate of drug-likeness (QED) is 0.299. The number of carbonyl (C=O) groups excluding carboxylic acids is 1. The van der Waals surface area contributed by atoms with Crippen molar-refractivity contribution in [3.8, 4) is 28.5 Å². The molecule has 0 aliphatic heterocycles. The molecular weight excluding hydrogens is 413 g/mol. The Labute approximate surface area is 186 Å². The third kappa shape index (κ3) is 5.54. The number of benzene rings is 2. The van der Waals surface area contributed by atoms with Crippen molar-refractivity contribution in [2.75, 3.05) is 20.8 Å². The maximum Gasteiger partial charge on any atom is 0.295 e. The standard InChI is InChI=1S/C22H22BN3O6/c1-4-31-16-7-5-14(6-8-16)19-12-24-13-20(25-19)21(27)26-32-22(23,28)15-9-17(29-2)11-18(10-15)30-3/h5-13,28H,4H2,1-3H3,(H,26,27). The van der Waals surface area contributed by atoms with Gasteiger partial charge >= 0.3 is 0 Å². The van der Waals surface area contributed by atoms with Crippen molar-refractivity contribution in [3.05, 3.63) is 66.1 Å². The highest BCUT2D eigenvalue weighted by Gasteiger charge is 2.27. The Kier molecular flexibility index (Phi) is 7.29. The minimum absolute atomic E-state index is 0.0320. The number of amides is 1. The molecule has 3 rings (SSSR count). The number of rotatable bonds is 9. The molecule has 32 heavy (non-hydrogen) atoms. The Bertz CT molecular complexity index is 1050. The molecule has 0 aliphatic carbocycles. The number of ether oxygens (including phenoxy) is 3. The van der Waals surface area contributed by atoms with Crippen LogP contribution in [0.15, 0.2) is 54.9 Å². The molecular formula is C22H22BN3O6. The van der Waals surface area contributed by atoms with E-state index in [9.17, 15) is 9.90 Å². The van der Waals surface area contributed by atoms with Crippen molar-refractivity contribution in [2.24, 2.45) is 0 Å². The lowest BCUT2D eigenvalue weighted by atomic mass is 9.87. The molecule has 2 N–H and O–H groups in total. The molecule has 2 radical (unpaired) electrons. The van der Waals surface area contributed by atoms with Crippen molar-refractivity contribution in [3.63, 3.8) is 0 Å². The second-order valence-corrected chi connectivity index (χ2v) is 6.58. The summed E-state index contributed by atoms with van der Waals surface area (Å²) >= 11 is 0. The van der Waals surface area contributed by atoms with Crippen LogP contribution >= 0.6 is 0 Å². The summed E-state index contributed by atoms with van der Waals surface area (Å²) in [4.78, 5) is 25.9. The van der Waals surface area contributed by atoms with E-state index >= 15 is 0 Å². The van der Waals surface area contributed by atoms with E-state index < -0.39 is 11.6 Å². The maximum atomic E-state index is 12.5. The molecule has 3 aromatic rings. The monoisotopic (exact) mass is 435 g/mol. The maximum absolute atomic E-state index is 12.5. The van der Waals surface area contributed by atoms with Crippen LogP contribution in [0.4, 0.5) is 0 Å². The van der Waals surface area contributed by atoms with Crippen LogP contribution in [-0.2, 0) is 10.5 Å². The zero-order chi connectivity index (χ0) is 23.1. The van der Waals surface area contributed by atoms with E-state index in [-0.39, 0.29) is 11.3 Å². The normalized spacial score (nSPS) is 12.5. The third-order valence-electron chi connectivity index (χ3n) is 4.39. The first-order valence-electron chi connectivity index (χ1n) is 9.64. The van der Waals surface area contributed by atoms with Gasteiger partial charge in [0.25, 0.3) is 5.91 Å². The first kappa shape index (κ1) is 23.0. The Balaban J connectivity index is 1.73. The van der Waals surface area contributed by atoms with E-state index in [4.69, 9.17) is 26.9 Å². The van der Waals surface area contributed by atoms with Crippen LogP contribution in [0.1, 0.15) is 23.0 Å². The van der Waals surface area contributed by atoms with Gasteiger partial charge < -0.3 is 19.3 Å². The molecule has 9 nitrogen and oxygen atoms in total. The van der Waals surface area contributed by atoms with Gasteiger partial charge in [0.15, 0.2) is 13.5 Å². The van der Waals surface area contributed by atoms with Crippen molar-refractivity contribution in [1.29, 1.82) is 0 Å². The Hall–Kier alpha value is -3.63. The summed E-state index contributed by atoms with van der Waals surface area (Å²) in [6.07, 6.45) is 2.79. The van der Waals surface area contributed by atoms with Crippen molar-refractivity contribution < 1.29 is 28.9 Å². The number of nitrogens with one attached hydrogen (secondary N) is 1. The molecule has 0 aliphatic rings. The lowest BCUT2D eigenvalue weighted by molar-refractivity contribution is -0.177. The molecule has 1 unspecified atom stereocenters. The van der Waals surface area contributed by atoms with E-state index in [2.05, 4.69) is 15.4 Å². The molecule has 1 amide bonds. The zero-order valence-corrected chi connectivity index (χ0v) is 17.9. The topological polar surface area (TPSA) is 112 Å². The van der Waals surface area contributed by atoms with Crippen LogP contribution in [0.2, 0.25) is 0 Å². The van der Waals surface area contributed by atoms with Crippen LogP contribution in [-0.4, -0.2) is 49.7 Å². The average molecular weight is 435 g/mol. The molecule has 1 heterocycles. The van der Waals surface area contributed by atoms with E-state index in [0.29, 0.717) is 23.8 Å². The molecule has 164 valence electrons. The van der Waals surface area contributed by atoms with Gasteiger partial charge in [-0.25, -0.2) is 15.3 Å². The summed E-state index contributed by atoms with van der Waals surface area (Å²) < 4.78 is 15.7. The fraction of sp³-hybridized carbons (Fsp3) is 0.227. The summed E-state index contributed by atoms with van der Waals surface area (Å²) in [5, 5.41) is 10.5. The van der Waals surface area contributed by atoms with Crippen LogP contribution in [0, 0.1) is 0 Å². The van der Waals surface area contributed by atoms with E-state index in [1.54, 1.807) is 18.2 Å². The minimum Gasteiger partial charge on any atom is -0.497 e. The Morgan fingerprint density at radius 2 is 1.72 bits per heavy atom. The molecule has 0 spiro atoms. The van der Waals surface area contributed by atoms with E-state index in [1.807, 2.05) is 19.1 Å². The van der Waals surface area contributed by atoms with Crippen LogP contribution in [0.25, 0.3) is 11.3 Å². The van der Waals surface area contributed by atoms with Crippen LogP contribution in [0.3, 0.4) is 0 Å². The van der Waals surface area contributed by atoms with E-state index in [1.165, 1.54) is 38.7 Å². The highest BCUT2D eigenvalue weighted by atomic mass is 16.7. The molecule has 2 aromatic carbocycles. The van der Waals surface area contributed by atoms with Crippen molar-refractivity contribution in [2.45, 2.75) is 12.6 Å².